The standard InChI is InChI=1S/C17H14ClN/c1-11-9-12(2)17-15(10-11)13(7-8-19-17)14-5-3-4-6-16(14)18/h3-10H,1-2H3. The first-order valence-electron chi connectivity index (χ1n) is 6.27. The first-order valence-corrected chi connectivity index (χ1v) is 6.65. The lowest BCUT2D eigenvalue weighted by atomic mass is 9.98. The summed E-state index contributed by atoms with van der Waals surface area (Å²) in [5.41, 5.74) is 5.68. The first-order chi connectivity index (χ1) is 9.16. The zero-order valence-electron chi connectivity index (χ0n) is 10.9. The first kappa shape index (κ1) is 12.2. The van der Waals surface area contributed by atoms with Crippen molar-refractivity contribution in [3.63, 3.8) is 0 Å². The molecule has 0 spiro atoms. The summed E-state index contributed by atoms with van der Waals surface area (Å²) in [7, 11) is 0. The van der Waals surface area contributed by atoms with Gasteiger partial charge < -0.3 is 0 Å². The summed E-state index contributed by atoms with van der Waals surface area (Å²) in [5, 5.41) is 1.93. The molecular weight excluding hydrogens is 254 g/mol. The van der Waals surface area contributed by atoms with E-state index in [1.165, 1.54) is 11.1 Å². The summed E-state index contributed by atoms with van der Waals surface area (Å²) in [6.07, 6.45) is 1.85. The van der Waals surface area contributed by atoms with Crippen LogP contribution in [0.25, 0.3) is 22.0 Å². The molecule has 0 amide bonds. The van der Waals surface area contributed by atoms with Crippen molar-refractivity contribution in [3.8, 4) is 11.1 Å². The summed E-state index contributed by atoms with van der Waals surface area (Å²) in [5.74, 6) is 0. The number of rotatable bonds is 1. The molecule has 0 aliphatic rings. The Hall–Kier alpha value is -1.86. The van der Waals surface area contributed by atoms with Gasteiger partial charge in [-0.15, -0.1) is 0 Å². The monoisotopic (exact) mass is 267 g/mol. The van der Waals surface area contributed by atoms with Gasteiger partial charge in [0.25, 0.3) is 0 Å². The van der Waals surface area contributed by atoms with Crippen LogP contribution in [-0.4, -0.2) is 4.98 Å². The van der Waals surface area contributed by atoms with Gasteiger partial charge >= 0.3 is 0 Å². The van der Waals surface area contributed by atoms with E-state index in [1.54, 1.807) is 0 Å². The van der Waals surface area contributed by atoms with E-state index in [1.807, 2.05) is 30.5 Å². The summed E-state index contributed by atoms with van der Waals surface area (Å²) in [6.45, 7) is 4.20. The van der Waals surface area contributed by atoms with Gasteiger partial charge in [-0.05, 0) is 43.2 Å². The number of aryl methyl sites for hydroxylation is 2. The fourth-order valence-corrected chi connectivity index (χ4v) is 2.76. The molecular formula is C17H14ClN. The highest BCUT2D eigenvalue weighted by Gasteiger charge is 2.09. The third kappa shape index (κ3) is 2.11. The number of hydrogen-bond donors (Lipinski definition) is 0. The van der Waals surface area contributed by atoms with Crippen molar-refractivity contribution in [1.29, 1.82) is 0 Å². The molecule has 0 bridgehead atoms. The molecule has 0 aliphatic carbocycles. The molecule has 0 aliphatic heterocycles. The molecule has 94 valence electrons. The van der Waals surface area contributed by atoms with Crippen LogP contribution in [0.2, 0.25) is 5.02 Å². The smallest absolute Gasteiger partial charge is 0.0737 e. The van der Waals surface area contributed by atoms with Crippen molar-refractivity contribution in [3.05, 3.63) is 64.8 Å². The Morgan fingerprint density at radius 1 is 0.947 bits per heavy atom. The van der Waals surface area contributed by atoms with Crippen LogP contribution in [0.4, 0.5) is 0 Å². The number of nitrogens with zero attached hydrogens (tertiary/aromatic N) is 1. The average molecular weight is 268 g/mol. The summed E-state index contributed by atoms with van der Waals surface area (Å²) < 4.78 is 0. The molecule has 0 atom stereocenters. The van der Waals surface area contributed by atoms with Crippen LogP contribution in [0.15, 0.2) is 48.7 Å². The van der Waals surface area contributed by atoms with Gasteiger partial charge in [-0.25, -0.2) is 0 Å². The van der Waals surface area contributed by atoms with Crippen LogP contribution in [-0.2, 0) is 0 Å². The lowest BCUT2D eigenvalue weighted by molar-refractivity contribution is 1.34. The van der Waals surface area contributed by atoms with Crippen LogP contribution in [0.3, 0.4) is 0 Å². The van der Waals surface area contributed by atoms with E-state index in [9.17, 15) is 0 Å². The van der Waals surface area contributed by atoms with Gasteiger partial charge in [0, 0.05) is 22.2 Å². The molecule has 2 aromatic carbocycles. The number of aromatic nitrogens is 1. The second-order valence-corrected chi connectivity index (χ2v) is 5.22. The van der Waals surface area contributed by atoms with E-state index in [0.29, 0.717) is 0 Å². The van der Waals surface area contributed by atoms with Crippen LogP contribution in [0, 0.1) is 13.8 Å². The third-order valence-electron chi connectivity index (χ3n) is 3.34. The topological polar surface area (TPSA) is 12.9 Å². The largest absolute Gasteiger partial charge is 0.256 e. The molecule has 0 unspecified atom stereocenters. The van der Waals surface area contributed by atoms with Crippen molar-refractivity contribution in [2.75, 3.05) is 0 Å². The second kappa shape index (κ2) is 4.67. The zero-order chi connectivity index (χ0) is 13.4. The van der Waals surface area contributed by atoms with E-state index in [2.05, 4.69) is 37.0 Å². The van der Waals surface area contributed by atoms with Crippen molar-refractivity contribution in [2.45, 2.75) is 13.8 Å². The maximum absolute atomic E-state index is 6.32. The molecule has 0 N–H and O–H groups in total. The van der Waals surface area contributed by atoms with Crippen molar-refractivity contribution < 1.29 is 0 Å². The maximum Gasteiger partial charge on any atom is 0.0737 e. The molecule has 3 aromatic rings. The van der Waals surface area contributed by atoms with E-state index in [0.717, 1.165) is 27.1 Å². The van der Waals surface area contributed by atoms with Gasteiger partial charge in [-0.3, -0.25) is 4.98 Å². The molecule has 3 rings (SSSR count). The Labute approximate surface area is 117 Å². The summed E-state index contributed by atoms with van der Waals surface area (Å²) >= 11 is 6.32. The highest BCUT2D eigenvalue weighted by Crippen LogP contribution is 2.33. The maximum atomic E-state index is 6.32. The summed E-state index contributed by atoms with van der Waals surface area (Å²) in [4.78, 5) is 4.49. The molecule has 1 aromatic heterocycles. The van der Waals surface area contributed by atoms with Gasteiger partial charge in [0.1, 0.15) is 0 Å². The van der Waals surface area contributed by atoms with Crippen molar-refractivity contribution in [2.24, 2.45) is 0 Å². The number of fused-ring (bicyclic) bond motifs is 1. The molecule has 0 saturated heterocycles. The minimum Gasteiger partial charge on any atom is -0.256 e. The lowest BCUT2D eigenvalue weighted by Gasteiger charge is -2.10. The van der Waals surface area contributed by atoms with Crippen LogP contribution < -0.4 is 0 Å². The third-order valence-corrected chi connectivity index (χ3v) is 3.67. The van der Waals surface area contributed by atoms with Gasteiger partial charge in [0.15, 0.2) is 0 Å². The second-order valence-electron chi connectivity index (χ2n) is 4.82. The number of hydrogen-bond acceptors (Lipinski definition) is 1. The number of halogens is 1. The van der Waals surface area contributed by atoms with Gasteiger partial charge in [-0.1, -0.05) is 41.4 Å². The van der Waals surface area contributed by atoms with E-state index < -0.39 is 0 Å². The highest BCUT2D eigenvalue weighted by atomic mass is 35.5. The molecule has 1 nitrogen and oxygen atoms in total. The Morgan fingerprint density at radius 3 is 2.53 bits per heavy atom. The summed E-state index contributed by atoms with van der Waals surface area (Å²) in [6, 6.07) is 14.3. The van der Waals surface area contributed by atoms with Gasteiger partial charge in [0.05, 0.1) is 5.52 Å². The van der Waals surface area contributed by atoms with Gasteiger partial charge in [-0.2, -0.15) is 0 Å². The van der Waals surface area contributed by atoms with E-state index in [-0.39, 0.29) is 0 Å². The number of pyridine rings is 1. The Balaban J connectivity index is 2.40. The predicted octanol–water partition coefficient (Wildman–Crippen LogP) is 5.17. The van der Waals surface area contributed by atoms with E-state index >= 15 is 0 Å². The molecule has 0 fully saturated rings. The minimum atomic E-state index is 0.772. The Morgan fingerprint density at radius 2 is 1.74 bits per heavy atom. The molecule has 19 heavy (non-hydrogen) atoms. The SMILES string of the molecule is Cc1cc(C)c2nccc(-c3ccccc3Cl)c2c1. The number of benzene rings is 2. The fourth-order valence-electron chi connectivity index (χ4n) is 2.53. The predicted molar refractivity (Wildman–Crippen MR) is 81.7 cm³/mol. The zero-order valence-corrected chi connectivity index (χ0v) is 11.7. The average Bonchev–Trinajstić information content (AvgIpc) is 2.39. The quantitative estimate of drug-likeness (QED) is 0.593. The normalized spacial score (nSPS) is 10.9. The van der Waals surface area contributed by atoms with Gasteiger partial charge in [0.2, 0.25) is 0 Å². The Kier molecular flexibility index (Phi) is 3.00. The van der Waals surface area contributed by atoms with Crippen molar-refractivity contribution in [1.82, 2.24) is 4.98 Å². The highest BCUT2D eigenvalue weighted by molar-refractivity contribution is 6.33. The lowest BCUT2D eigenvalue weighted by Crippen LogP contribution is -1.89. The molecule has 0 saturated carbocycles. The fraction of sp³-hybridized carbons (Fsp3) is 0.118. The Bertz CT molecular complexity index is 762. The minimum absolute atomic E-state index is 0.772. The van der Waals surface area contributed by atoms with Crippen LogP contribution in [0.5, 0.6) is 0 Å². The molecule has 0 radical (unpaired) electrons. The van der Waals surface area contributed by atoms with Crippen LogP contribution >= 0.6 is 11.6 Å². The molecule has 2 heteroatoms. The van der Waals surface area contributed by atoms with Crippen molar-refractivity contribution >= 4 is 22.5 Å². The molecule has 1 heterocycles. The van der Waals surface area contributed by atoms with Crippen LogP contribution in [0.1, 0.15) is 11.1 Å². The van der Waals surface area contributed by atoms with E-state index in [4.69, 9.17) is 11.6 Å².